The van der Waals surface area contributed by atoms with Crippen LogP contribution in [0.25, 0.3) is 0 Å². The van der Waals surface area contributed by atoms with Crippen LogP contribution in [0.1, 0.15) is 28.8 Å². The Morgan fingerprint density at radius 1 is 1.03 bits per heavy atom. The molecule has 8 nitrogen and oxygen atoms in total. The fourth-order valence-electron chi connectivity index (χ4n) is 3.91. The van der Waals surface area contributed by atoms with E-state index >= 15 is 0 Å². The normalized spacial score (nSPS) is 15.3. The maximum absolute atomic E-state index is 12.5. The zero-order valence-corrected chi connectivity index (χ0v) is 15.9. The van der Waals surface area contributed by atoms with Gasteiger partial charge in [0, 0.05) is 31.4 Å². The highest BCUT2D eigenvalue weighted by atomic mass is 16.6. The molecule has 150 valence electrons. The fourth-order valence-corrected chi connectivity index (χ4v) is 3.91. The topological polar surface area (TPSA) is 93.0 Å². The molecule has 0 aromatic heterocycles. The number of amides is 1. The SMILES string of the molecule is O=C(OCC(=O)N1CCc2ccccc21)c1ccc(N2CCCC2)c([N+](=O)[O-])c1. The Labute approximate surface area is 167 Å². The van der Waals surface area contributed by atoms with Gasteiger partial charge >= 0.3 is 5.97 Å². The lowest BCUT2D eigenvalue weighted by Crippen LogP contribution is -2.33. The summed E-state index contributed by atoms with van der Waals surface area (Å²) >= 11 is 0. The smallest absolute Gasteiger partial charge is 0.338 e. The lowest BCUT2D eigenvalue weighted by atomic mass is 10.1. The summed E-state index contributed by atoms with van der Waals surface area (Å²) in [5.74, 6) is -1.06. The van der Waals surface area contributed by atoms with Gasteiger partial charge in [-0.25, -0.2) is 4.79 Å². The van der Waals surface area contributed by atoms with Crippen LogP contribution in [0.5, 0.6) is 0 Å². The van der Waals surface area contributed by atoms with Crippen molar-refractivity contribution in [1.82, 2.24) is 0 Å². The molecule has 29 heavy (non-hydrogen) atoms. The van der Waals surface area contributed by atoms with Crippen LogP contribution in [0.15, 0.2) is 42.5 Å². The molecule has 4 rings (SSSR count). The molecule has 8 heteroatoms. The van der Waals surface area contributed by atoms with E-state index in [1.54, 1.807) is 11.0 Å². The quantitative estimate of drug-likeness (QED) is 0.439. The first kappa shape index (κ1) is 18.9. The number of ether oxygens (including phenoxy) is 1. The second-order valence-electron chi connectivity index (χ2n) is 7.15. The number of hydrogen-bond acceptors (Lipinski definition) is 6. The molecule has 1 saturated heterocycles. The van der Waals surface area contributed by atoms with Gasteiger partial charge in [0.2, 0.25) is 0 Å². The van der Waals surface area contributed by atoms with Gasteiger partial charge in [-0.3, -0.25) is 14.9 Å². The predicted octanol–water partition coefficient (Wildman–Crippen LogP) is 2.94. The van der Waals surface area contributed by atoms with E-state index in [1.165, 1.54) is 12.1 Å². The number of para-hydroxylation sites is 1. The number of nitro groups is 1. The van der Waals surface area contributed by atoms with E-state index < -0.39 is 17.5 Å². The molecule has 2 aromatic rings. The van der Waals surface area contributed by atoms with Crippen molar-refractivity contribution in [2.45, 2.75) is 19.3 Å². The van der Waals surface area contributed by atoms with Crippen LogP contribution in [0, 0.1) is 10.1 Å². The molecule has 2 aromatic carbocycles. The summed E-state index contributed by atoms with van der Waals surface area (Å²) in [6.45, 7) is 1.66. The molecule has 0 spiro atoms. The minimum absolute atomic E-state index is 0.0641. The van der Waals surface area contributed by atoms with Crippen LogP contribution >= 0.6 is 0 Å². The molecule has 1 amide bonds. The molecule has 0 N–H and O–H groups in total. The molecule has 0 saturated carbocycles. The molecule has 0 aliphatic carbocycles. The Morgan fingerprint density at radius 3 is 2.55 bits per heavy atom. The van der Waals surface area contributed by atoms with Crippen LogP contribution in [0.4, 0.5) is 17.1 Å². The Balaban J connectivity index is 1.44. The molecule has 0 radical (unpaired) electrons. The maximum Gasteiger partial charge on any atom is 0.338 e. The number of carbonyl (C=O) groups excluding carboxylic acids is 2. The van der Waals surface area contributed by atoms with Gasteiger partial charge in [0.05, 0.1) is 10.5 Å². The summed E-state index contributed by atoms with van der Waals surface area (Å²) in [5.41, 5.74) is 2.36. The Hall–Kier alpha value is -3.42. The molecule has 0 unspecified atom stereocenters. The molecule has 0 atom stereocenters. The third-order valence-corrected chi connectivity index (χ3v) is 5.37. The van der Waals surface area contributed by atoms with Gasteiger partial charge < -0.3 is 14.5 Å². The van der Waals surface area contributed by atoms with Gasteiger partial charge in [0.15, 0.2) is 6.61 Å². The van der Waals surface area contributed by atoms with Crippen molar-refractivity contribution >= 4 is 28.9 Å². The van der Waals surface area contributed by atoms with Crippen molar-refractivity contribution in [3.8, 4) is 0 Å². The highest BCUT2D eigenvalue weighted by Gasteiger charge is 2.27. The zero-order chi connectivity index (χ0) is 20.4. The minimum atomic E-state index is -0.748. The van der Waals surface area contributed by atoms with E-state index in [0.29, 0.717) is 12.2 Å². The van der Waals surface area contributed by atoms with Crippen molar-refractivity contribution in [2.75, 3.05) is 36.0 Å². The maximum atomic E-state index is 12.5. The molecule has 0 bridgehead atoms. The number of nitrogens with zero attached hydrogens (tertiary/aromatic N) is 3. The summed E-state index contributed by atoms with van der Waals surface area (Å²) in [6.07, 6.45) is 2.74. The van der Waals surface area contributed by atoms with Gasteiger partial charge in [-0.2, -0.15) is 0 Å². The van der Waals surface area contributed by atoms with E-state index in [0.717, 1.165) is 43.6 Å². The number of esters is 1. The standard InChI is InChI=1S/C21H21N3O5/c25-20(23-12-9-15-5-1-2-6-17(15)23)14-29-21(26)16-7-8-18(19(13-16)24(27)28)22-10-3-4-11-22/h1-2,5-8,13H,3-4,9-12,14H2. The van der Waals surface area contributed by atoms with Crippen LogP contribution in [0.2, 0.25) is 0 Å². The van der Waals surface area contributed by atoms with E-state index in [4.69, 9.17) is 4.74 Å². The van der Waals surface area contributed by atoms with Crippen LogP contribution in [-0.4, -0.2) is 43.0 Å². The van der Waals surface area contributed by atoms with Gasteiger partial charge in [-0.05, 0) is 43.0 Å². The second-order valence-corrected chi connectivity index (χ2v) is 7.15. The van der Waals surface area contributed by atoms with Crippen LogP contribution in [-0.2, 0) is 16.0 Å². The van der Waals surface area contributed by atoms with Crippen molar-refractivity contribution in [2.24, 2.45) is 0 Å². The van der Waals surface area contributed by atoms with E-state index in [9.17, 15) is 19.7 Å². The molecular weight excluding hydrogens is 374 g/mol. The van der Waals surface area contributed by atoms with Crippen molar-refractivity contribution < 1.29 is 19.2 Å². The van der Waals surface area contributed by atoms with Crippen molar-refractivity contribution in [3.05, 3.63) is 63.7 Å². The molecule has 1 fully saturated rings. The monoisotopic (exact) mass is 395 g/mol. The number of benzene rings is 2. The van der Waals surface area contributed by atoms with Gasteiger partial charge in [-0.15, -0.1) is 0 Å². The zero-order valence-electron chi connectivity index (χ0n) is 15.9. The highest BCUT2D eigenvalue weighted by Crippen LogP contribution is 2.32. The number of fused-ring (bicyclic) bond motifs is 1. The molecule has 2 aliphatic heterocycles. The van der Waals surface area contributed by atoms with E-state index in [-0.39, 0.29) is 17.2 Å². The van der Waals surface area contributed by atoms with Gasteiger partial charge in [0.25, 0.3) is 11.6 Å². The van der Waals surface area contributed by atoms with Crippen LogP contribution < -0.4 is 9.80 Å². The molecule has 2 heterocycles. The Morgan fingerprint density at radius 2 is 1.79 bits per heavy atom. The molecular formula is C21H21N3O5. The predicted molar refractivity (Wildman–Crippen MR) is 107 cm³/mol. The largest absolute Gasteiger partial charge is 0.452 e. The van der Waals surface area contributed by atoms with Crippen molar-refractivity contribution in [1.29, 1.82) is 0 Å². The minimum Gasteiger partial charge on any atom is -0.452 e. The first-order valence-corrected chi connectivity index (χ1v) is 9.63. The Bertz CT molecular complexity index is 969. The summed E-state index contributed by atoms with van der Waals surface area (Å²) < 4.78 is 5.15. The highest BCUT2D eigenvalue weighted by molar-refractivity contribution is 5.98. The number of anilines is 2. The third-order valence-electron chi connectivity index (χ3n) is 5.37. The fraction of sp³-hybridized carbons (Fsp3) is 0.333. The third kappa shape index (κ3) is 3.78. The summed E-state index contributed by atoms with van der Waals surface area (Å²) in [6, 6.07) is 11.9. The summed E-state index contributed by atoms with van der Waals surface area (Å²) in [5, 5.41) is 11.5. The number of hydrogen-bond donors (Lipinski definition) is 0. The lowest BCUT2D eigenvalue weighted by molar-refractivity contribution is -0.384. The Kier molecular flexibility index (Phi) is 5.16. The first-order chi connectivity index (χ1) is 14.0. The number of rotatable bonds is 5. The van der Waals surface area contributed by atoms with Gasteiger partial charge in [-0.1, -0.05) is 18.2 Å². The van der Waals surface area contributed by atoms with Crippen molar-refractivity contribution in [3.63, 3.8) is 0 Å². The number of nitro benzene ring substituents is 1. The van der Waals surface area contributed by atoms with E-state index in [1.807, 2.05) is 29.2 Å². The van der Waals surface area contributed by atoms with Gasteiger partial charge in [0.1, 0.15) is 5.69 Å². The summed E-state index contributed by atoms with van der Waals surface area (Å²) in [4.78, 5) is 39.4. The van der Waals surface area contributed by atoms with Crippen LogP contribution in [0.3, 0.4) is 0 Å². The first-order valence-electron chi connectivity index (χ1n) is 9.63. The second kappa shape index (κ2) is 7.90. The molecule has 2 aliphatic rings. The van der Waals surface area contributed by atoms with E-state index in [2.05, 4.69) is 0 Å². The average Bonchev–Trinajstić information content (AvgIpc) is 3.41. The lowest BCUT2D eigenvalue weighted by Gasteiger charge is -2.18. The average molecular weight is 395 g/mol. The summed E-state index contributed by atoms with van der Waals surface area (Å²) in [7, 11) is 0. The number of carbonyl (C=O) groups is 2.